The van der Waals surface area contributed by atoms with E-state index in [1.54, 1.807) is 60.7 Å². The van der Waals surface area contributed by atoms with Crippen molar-refractivity contribution in [3.05, 3.63) is 203 Å². The molecule has 8 aromatic carbocycles. The number of benzene rings is 8. The molecule has 0 N–H and O–H groups in total. The van der Waals surface area contributed by atoms with Crippen LogP contribution in [0.25, 0.3) is 32.7 Å². The molecule has 0 aliphatic carbocycles. The van der Waals surface area contributed by atoms with E-state index in [1.807, 2.05) is 0 Å². The van der Waals surface area contributed by atoms with Crippen molar-refractivity contribution in [2.75, 3.05) is 0 Å². The topological polar surface area (TPSA) is 34.1 Å². The summed E-state index contributed by atoms with van der Waals surface area (Å²) in [5, 5.41) is 0.337. The van der Waals surface area contributed by atoms with Crippen LogP contribution < -0.4 is 21.2 Å². The molecule has 16 heteroatoms. The van der Waals surface area contributed by atoms with Gasteiger partial charge in [-0.2, -0.15) is 52.7 Å². The normalized spacial score (nSPS) is 13.1. The van der Waals surface area contributed by atoms with E-state index >= 15 is 9.13 Å². The fourth-order valence-electron chi connectivity index (χ4n) is 8.26. The van der Waals surface area contributed by atoms with Crippen molar-refractivity contribution >= 4 is 57.0 Å². The minimum absolute atomic E-state index is 0.150. The second-order valence-electron chi connectivity index (χ2n) is 15.6. The van der Waals surface area contributed by atoms with E-state index < -0.39 is 94.8 Å². The summed E-state index contributed by atoms with van der Waals surface area (Å²) in [6, 6.07) is 33.8. The lowest BCUT2D eigenvalue weighted by atomic mass is 9.88. The summed E-state index contributed by atoms with van der Waals surface area (Å²) in [4.78, 5) is 0. The van der Waals surface area contributed by atoms with Crippen molar-refractivity contribution in [1.82, 2.24) is 0 Å². The maximum absolute atomic E-state index is 15.9. The van der Waals surface area contributed by atoms with Gasteiger partial charge >= 0.3 is 24.7 Å². The van der Waals surface area contributed by atoms with Gasteiger partial charge in [0.2, 0.25) is 0 Å². The molecule has 0 heterocycles. The minimum atomic E-state index is -4.94. The molecule has 8 rings (SSSR count). The third kappa shape index (κ3) is 9.05. The Labute approximate surface area is 369 Å². The lowest BCUT2D eigenvalue weighted by Gasteiger charge is -2.26. The van der Waals surface area contributed by atoms with Crippen molar-refractivity contribution in [2.45, 2.75) is 37.0 Å². The average Bonchev–Trinajstić information content (AvgIpc) is 3.28. The maximum Gasteiger partial charge on any atom is 0.416 e. The Morgan fingerprint density at radius 2 is 0.591 bits per heavy atom. The monoisotopic (exact) mass is 954 g/mol. The lowest BCUT2D eigenvalue weighted by Crippen LogP contribution is -2.22. The fraction of sp³-hybridized carbons (Fsp3) is 0.120. The number of halogens is 12. The third-order valence-corrected chi connectivity index (χ3v) is 17.5. The van der Waals surface area contributed by atoms with Crippen molar-refractivity contribution in [1.29, 1.82) is 0 Å². The van der Waals surface area contributed by atoms with Crippen LogP contribution in [0.15, 0.2) is 170 Å². The molecule has 66 heavy (non-hydrogen) atoms. The highest BCUT2D eigenvalue weighted by molar-refractivity contribution is 7.78. The lowest BCUT2D eigenvalue weighted by molar-refractivity contribution is -0.138. The van der Waals surface area contributed by atoms with Gasteiger partial charge in [-0.05, 0) is 92.3 Å². The molecule has 0 saturated carbocycles. The standard InChI is InChI=1S/C50H32F12O2P2/c51-47(52,53)35-11-5-15-39(25-35)65(63,40-16-6-12-36(26-40)48(54,55)56)29-33-23-21-31-9-1-3-19-43(31)45(33)46-34(24-22-32-10-2-4-20-44(32)46)30-66(64,41-17-7-13-37(27-41)49(57,58)59)42-18-8-14-38(28-42)50(60,61)62/h1-28H,29-30H2. The molecule has 0 radical (unpaired) electrons. The number of fused-ring (bicyclic) bond motifs is 2. The number of hydrogen-bond acceptors (Lipinski definition) is 2. The molecule has 0 saturated heterocycles. The molecule has 0 spiro atoms. The molecule has 0 amide bonds. The van der Waals surface area contributed by atoms with Crippen molar-refractivity contribution in [3.8, 4) is 11.1 Å². The smallest absolute Gasteiger partial charge is 0.313 e. The Morgan fingerprint density at radius 1 is 0.318 bits per heavy atom. The second kappa shape index (κ2) is 17.0. The van der Waals surface area contributed by atoms with Crippen LogP contribution in [0.1, 0.15) is 33.4 Å². The molecule has 0 fully saturated rings. The molecule has 0 aliphatic rings. The van der Waals surface area contributed by atoms with Gasteiger partial charge in [-0.3, -0.25) is 0 Å². The summed E-state index contributed by atoms with van der Waals surface area (Å²) >= 11 is 0. The Hall–Kier alpha value is -6.10. The zero-order valence-electron chi connectivity index (χ0n) is 33.8. The molecule has 0 aliphatic heterocycles. The summed E-state index contributed by atoms with van der Waals surface area (Å²) in [6.07, 6.45) is -21.1. The van der Waals surface area contributed by atoms with Crippen LogP contribution in [0.4, 0.5) is 52.7 Å². The molecular formula is C50H32F12O2P2. The molecule has 0 bridgehead atoms. The van der Waals surface area contributed by atoms with E-state index in [-0.39, 0.29) is 22.3 Å². The van der Waals surface area contributed by atoms with Gasteiger partial charge in [0, 0.05) is 33.5 Å². The molecule has 8 aromatic rings. The zero-order valence-corrected chi connectivity index (χ0v) is 35.6. The van der Waals surface area contributed by atoms with Gasteiger partial charge in [-0.1, -0.05) is 121 Å². The van der Waals surface area contributed by atoms with Crippen LogP contribution >= 0.6 is 14.3 Å². The number of rotatable bonds is 9. The van der Waals surface area contributed by atoms with Gasteiger partial charge in [-0.25, -0.2) is 0 Å². The molecular weight excluding hydrogens is 922 g/mol. The highest BCUT2D eigenvalue weighted by Crippen LogP contribution is 2.55. The zero-order chi connectivity index (χ0) is 47.5. The van der Waals surface area contributed by atoms with Gasteiger partial charge in [-0.15, -0.1) is 0 Å². The first kappa shape index (κ1) is 46.4. The van der Waals surface area contributed by atoms with Crippen LogP contribution in [0.5, 0.6) is 0 Å². The van der Waals surface area contributed by atoms with Crippen molar-refractivity contribution in [2.24, 2.45) is 0 Å². The van der Waals surface area contributed by atoms with Gasteiger partial charge in [0.05, 0.1) is 22.3 Å². The van der Waals surface area contributed by atoms with Gasteiger partial charge in [0.1, 0.15) is 14.3 Å². The van der Waals surface area contributed by atoms with E-state index in [9.17, 15) is 52.7 Å². The van der Waals surface area contributed by atoms with Gasteiger partial charge in [0.15, 0.2) is 0 Å². The van der Waals surface area contributed by atoms with E-state index in [4.69, 9.17) is 0 Å². The Morgan fingerprint density at radius 3 is 0.864 bits per heavy atom. The fourth-order valence-corrected chi connectivity index (χ4v) is 13.8. The summed E-state index contributed by atoms with van der Waals surface area (Å²) in [7, 11) is -9.17. The molecule has 0 unspecified atom stereocenters. The summed E-state index contributed by atoms with van der Waals surface area (Å²) in [6.45, 7) is 0. The Balaban J connectivity index is 1.44. The molecule has 0 atom stereocenters. The largest absolute Gasteiger partial charge is 0.416 e. The SMILES string of the molecule is O=P(Cc1ccc2ccccc2c1-c1c(CP(=O)(c2cccc(C(F)(F)F)c2)c2cccc(C(F)(F)F)c2)ccc2ccccc12)(c1cccc(C(F)(F)F)c1)c1cccc(C(F)(F)F)c1. The molecule has 338 valence electrons. The van der Waals surface area contributed by atoms with Crippen LogP contribution in [0, 0.1) is 0 Å². The Kier molecular flexibility index (Phi) is 11.9. The van der Waals surface area contributed by atoms with Crippen LogP contribution in [0.3, 0.4) is 0 Å². The quantitative estimate of drug-likeness (QED) is 0.107. The Bertz CT molecular complexity index is 2900. The highest BCUT2D eigenvalue weighted by atomic mass is 31.2. The summed E-state index contributed by atoms with van der Waals surface area (Å²) in [5.74, 6) is 0. The maximum atomic E-state index is 15.9. The minimum Gasteiger partial charge on any atom is -0.313 e. The number of alkyl halides is 12. The third-order valence-electron chi connectivity index (χ3n) is 11.4. The van der Waals surface area contributed by atoms with Crippen molar-refractivity contribution < 1.29 is 61.8 Å². The van der Waals surface area contributed by atoms with Gasteiger partial charge < -0.3 is 9.13 Å². The van der Waals surface area contributed by atoms with E-state index in [0.29, 0.717) is 45.8 Å². The first-order valence-corrected chi connectivity index (χ1v) is 23.7. The molecule has 0 aromatic heterocycles. The van der Waals surface area contributed by atoms with E-state index in [1.165, 1.54) is 12.1 Å². The average molecular weight is 955 g/mol. The van der Waals surface area contributed by atoms with Crippen LogP contribution in [-0.4, -0.2) is 0 Å². The van der Waals surface area contributed by atoms with Crippen LogP contribution in [0.2, 0.25) is 0 Å². The van der Waals surface area contributed by atoms with Crippen LogP contribution in [-0.2, 0) is 46.2 Å². The van der Waals surface area contributed by atoms with Gasteiger partial charge in [0.25, 0.3) is 0 Å². The predicted molar refractivity (Wildman–Crippen MR) is 234 cm³/mol. The van der Waals surface area contributed by atoms with E-state index in [2.05, 4.69) is 0 Å². The summed E-state index contributed by atoms with van der Waals surface area (Å²) in [5.41, 5.74) is -4.03. The first-order valence-electron chi connectivity index (χ1n) is 19.9. The molecule has 2 nitrogen and oxygen atoms in total. The predicted octanol–water partition coefficient (Wildman–Crippen LogP) is 14.8. The first-order chi connectivity index (χ1) is 31.0. The summed E-state index contributed by atoms with van der Waals surface area (Å²) < 4.78 is 202. The second-order valence-corrected chi connectivity index (χ2v) is 21.3. The van der Waals surface area contributed by atoms with Crippen molar-refractivity contribution in [3.63, 3.8) is 0 Å². The number of hydrogen-bond donors (Lipinski definition) is 0. The van der Waals surface area contributed by atoms with E-state index in [0.717, 1.165) is 72.8 Å². The highest BCUT2D eigenvalue weighted by Gasteiger charge is 2.40.